The highest BCUT2D eigenvalue weighted by Crippen LogP contribution is 2.14. The van der Waals surface area contributed by atoms with Crippen molar-refractivity contribution in [1.82, 2.24) is 14.4 Å². The van der Waals surface area contributed by atoms with Gasteiger partial charge in [0.15, 0.2) is 5.76 Å². The molecule has 0 N–H and O–H groups in total. The van der Waals surface area contributed by atoms with Crippen molar-refractivity contribution in [3.63, 3.8) is 0 Å². The molecule has 0 atom stereocenters. The zero-order chi connectivity index (χ0) is 17.1. The molecule has 0 aromatic carbocycles. The quantitative estimate of drug-likeness (QED) is 0.837. The lowest BCUT2D eigenvalue weighted by molar-refractivity contribution is 0.0696. The molecule has 2 aromatic heterocycles. The van der Waals surface area contributed by atoms with Gasteiger partial charge in [0.1, 0.15) is 11.8 Å². The smallest absolute Gasteiger partial charge is 0.289 e. The normalized spacial score (nSPS) is 15.0. The van der Waals surface area contributed by atoms with Gasteiger partial charge in [-0.25, -0.2) is 0 Å². The summed E-state index contributed by atoms with van der Waals surface area (Å²) in [5, 5.41) is 8.96. The van der Waals surface area contributed by atoms with E-state index in [9.17, 15) is 9.59 Å². The average molecular weight is 326 g/mol. The van der Waals surface area contributed by atoms with Crippen molar-refractivity contribution >= 4 is 11.8 Å². The van der Waals surface area contributed by atoms with Crippen LogP contribution in [0.25, 0.3) is 0 Å². The molecular formula is C17H18N4O3. The molecule has 0 saturated carbocycles. The van der Waals surface area contributed by atoms with Crippen LogP contribution in [0.15, 0.2) is 35.1 Å². The molecule has 0 unspecified atom stereocenters. The van der Waals surface area contributed by atoms with Crippen LogP contribution < -0.4 is 0 Å². The number of nitrogens with zero attached hydrogens (tertiary/aromatic N) is 4. The maximum atomic E-state index is 12.7. The summed E-state index contributed by atoms with van der Waals surface area (Å²) in [6.45, 7) is 2.08. The van der Waals surface area contributed by atoms with Crippen LogP contribution in [0.3, 0.4) is 0 Å². The van der Waals surface area contributed by atoms with E-state index in [1.807, 2.05) is 6.07 Å². The number of carbonyl (C=O) groups excluding carboxylic acids is 2. The molecule has 124 valence electrons. The molecule has 3 rings (SSSR count). The fourth-order valence-electron chi connectivity index (χ4n) is 2.88. The molecule has 0 aliphatic carbocycles. The lowest BCUT2D eigenvalue weighted by Crippen LogP contribution is -2.37. The van der Waals surface area contributed by atoms with E-state index in [0.29, 0.717) is 49.6 Å². The van der Waals surface area contributed by atoms with Gasteiger partial charge in [-0.15, -0.1) is 0 Å². The van der Waals surface area contributed by atoms with Gasteiger partial charge in [-0.05, 0) is 24.6 Å². The first kappa shape index (κ1) is 15.9. The van der Waals surface area contributed by atoms with Crippen LogP contribution in [0.5, 0.6) is 0 Å². The highest BCUT2D eigenvalue weighted by atomic mass is 16.3. The standard InChI is InChI=1S/C17H18N4O3/c1-19-12-13(11-18)10-14(19)16(22)20-5-3-6-21(8-7-20)17(23)15-4-2-9-24-15/h2,4,9-10,12H,3,5-8H2,1H3. The molecule has 2 aromatic rings. The van der Waals surface area contributed by atoms with Gasteiger partial charge in [0.25, 0.3) is 11.8 Å². The van der Waals surface area contributed by atoms with E-state index < -0.39 is 0 Å². The minimum Gasteiger partial charge on any atom is -0.459 e. The second-order valence-corrected chi connectivity index (χ2v) is 5.75. The Morgan fingerprint density at radius 3 is 2.46 bits per heavy atom. The SMILES string of the molecule is Cn1cc(C#N)cc1C(=O)N1CCCN(C(=O)c2ccco2)CC1. The van der Waals surface area contributed by atoms with Crippen LogP contribution in [0, 0.1) is 11.3 Å². The van der Waals surface area contributed by atoms with Crippen LogP contribution in [0.1, 0.15) is 33.0 Å². The van der Waals surface area contributed by atoms with Gasteiger partial charge in [0, 0.05) is 39.4 Å². The molecule has 0 spiro atoms. The Balaban J connectivity index is 1.69. The third-order valence-electron chi connectivity index (χ3n) is 4.16. The number of hydrogen-bond donors (Lipinski definition) is 0. The molecule has 24 heavy (non-hydrogen) atoms. The fraction of sp³-hybridized carbons (Fsp3) is 0.353. The summed E-state index contributed by atoms with van der Waals surface area (Å²) in [5.41, 5.74) is 0.947. The number of hydrogen-bond acceptors (Lipinski definition) is 4. The number of furan rings is 1. The van der Waals surface area contributed by atoms with E-state index in [4.69, 9.17) is 9.68 Å². The lowest BCUT2D eigenvalue weighted by Gasteiger charge is -2.21. The minimum atomic E-state index is -0.153. The number of carbonyl (C=O) groups is 2. The van der Waals surface area contributed by atoms with Crippen molar-refractivity contribution in [3.05, 3.63) is 47.7 Å². The van der Waals surface area contributed by atoms with E-state index in [1.165, 1.54) is 6.26 Å². The topological polar surface area (TPSA) is 82.5 Å². The maximum absolute atomic E-state index is 12.7. The Hall–Kier alpha value is -3.01. The number of aryl methyl sites for hydroxylation is 1. The average Bonchev–Trinajstić information content (AvgIpc) is 3.17. The van der Waals surface area contributed by atoms with E-state index >= 15 is 0 Å². The number of amides is 2. The number of nitriles is 1. The molecular weight excluding hydrogens is 308 g/mol. The van der Waals surface area contributed by atoms with Crippen molar-refractivity contribution < 1.29 is 14.0 Å². The Kier molecular flexibility index (Phi) is 4.38. The summed E-state index contributed by atoms with van der Waals surface area (Å²) in [6, 6.07) is 6.96. The predicted octanol–water partition coefficient (Wildman–Crippen LogP) is 1.48. The Morgan fingerprint density at radius 1 is 1.17 bits per heavy atom. The van der Waals surface area contributed by atoms with Crippen molar-refractivity contribution in [2.24, 2.45) is 7.05 Å². The highest BCUT2D eigenvalue weighted by Gasteiger charge is 2.25. The first-order valence-electron chi connectivity index (χ1n) is 7.78. The van der Waals surface area contributed by atoms with Gasteiger partial charge in [-0.1, -0.05) is 0 Å². The summed E-state index contributed by atoms with van der Waals surface area (Å²) in [6.07, 6.45) is 3.81. The summed E-state index contributed by atoms with van der Waals surface area (Å²) in [4.78, 5) is 28.5. The van der Waals surface area contributed by atoms with Gasteiger partial charge in [0.05, 0.1) is 11.8 Å². The van der Waals surface area contributed by atoms with Crippen LogP contribution in [-0.2, 0) is 7.05 Å². The molecule has 3 heterocycles. The second kappa shape index (κ2) is 6.62. The zero-order valence-corrected chi connectivity index (χ0v) is 13.4. The largest absolute Gasteiger partial charge is 0.459 e. The molecule has 0 radical (unpaired) electrons. The van der Waals surface area contributed by atoms with E-state index in [0.717, 1.165) is 0 Å². The van der Waals surface area contributed by atoms with Crippen molar-refractivity contribution in [3.8, 4) is 6.07 Å². The Morgan fingerprint density at radius 2 is 1.88 bits per heavy atom. The van der Waals surface area contributed by atoms with Gasteiger partial charge in [-0.3, -0.25) is 9.59 Å². The third kappa shape index (κ3) is 3.04. The first-order chi connectivity index (χ1) is 11.6. The highest BCUT2D eigenvalue weighted by molar-refractivity contribution is 5.94. The van der Waals surface area contributed by atoms with Crippen molar-refractivity contribution in [1.29, 1.82) is 5.26 Å². The molecule has 7 nitrogen and oxygen atoms in total. The molecule has 0 bridgehead atoms. The minimum absolute atomic E-state index is 0.119. The first-order valence-corrected chi connectivity index (χ1v) is 7.78. The number of rotatable bonds is 2. The lowest BCUT2D eigenvalue weighted by atomic mass is 10.3. The Bertz CT molecular complexity index is 785. The summed E-state index contributed by atoms with van der Waals surface area (Å²) < 4.78 is 6.82. The van der Waals surface area contributed by atoms with Crippen molar-refractivity contribution in [2.75, 3.05) is 26.2 Å². The fourth-order valence-corrected chi connectivity index (χ4v) is 2.88. The van der Waals surface area contributed by atoms with Gasteiger partial charge >= 0.3 is 0 Å². The molecule has 1 fully saturated rings. The Labute approximate surface area is 139 Å². The number of aromatic nitrogens is 1. The van der Waals surface area contributed by atoms with Crippen molar-refractivity contribution in [2.45, 2.75) is 6.42 Å². The van der Waals surface area contributed by atoms with E-state index in [2.05, 4.69) is 0 Å². The monoisotopic (exact) mass is 326 g/mol. The third-order valence-corrected chi connectivity index (χ3v) is 4.16. The summed E-state index contributed by atoms with van der Waals surface area (Å²) in [7, 11) is 1.75. The van der Waals surface area contributed by atoms with Gasteiger partial charge in [0.2, 0.25) is 0 Å². The summed E-state index contributed by atoms with van der Waals surface area (Å²) >= 11 is 0. The van der Waals surface area contributed by atoms with E-state index in [1.54, 1.807) is 45.8 Å². The molecule has 1 saturated heterocycles. The second-order valence-electron chi connectivity index (χ2n) is 5.75. The summed E-state index contributed by atoms with van der Waals surface area (Å²) in [5.74, 6) is 0.0436. The van der Waals surface area contributed by atoms with Crippen LogP contribution >= 0.6 is 0 Å². The van der Waals surface area contributed by atoms with Gasteiger partial charge < -0.3 is 18.8 Å². The van der Waals surface area contributed by atoms with Crippen LogP contribution in [-0.4, -0.2) is 52.4 Å². The molecule has 2 amide bonds. The van der Waals surface area contributed by atoms with E-state index in [-0.39, 0.29) is 11.8 Å². The zero-order valence-electron chi connectivity index (χ0n) is 13.4. The maximum Gasteiger partial charge on any atom is 0.289 e. The van der Waals surface area contributed by atoms with Crippen LogP contribution in [0.2, 0.25) is 0 Å². The van der Waals surface area contributed by atoms with Crippen LogP contribution in [0.4, 0.5) is 0 Å². The molecule has 1 aliphatic heterocycles. The molecule has 1 aliphatic rings. The van der Waals surface area contributed by atoms with Gasteiger partial charge in [-0.2, -0.15) is 5.26 Å². The molecule has 7 heteroatoms. The predicted molar refractivity (Wildman–Crippen MR) is 85.3 cm³/mol.